The van der Waals surface area contributed by atoms with Crippen LogP contribution in [0.5, 0.6) is 0 Å². The van der Waals surface area contributed by atoms with Crippen molar-refractivity contribution in [2.75, 3.05) is 17.7 Å². The molecule has 0 amide bonds. The number of nitrogen functional groups attached to an aromatic ring is 1. The van der Waals surface area contributed by atoms with Crippen molar-refractivity contribution in [2.24, 2.45) is 0 Å². The van der Waals surface area contributed by atoms with Gasteiger partial charge < -0.3 is 10.6 Å². The zero-order valence-corrected chi connectivity index (χ0v) is 9.49. The van der Waals surface area contributed by atoms with Gasteiger partial charge in [-0.2, -0.15) is 5.26 Å². The van der Waals surface area contributed by atoms with Gasteiger partial charge in [-0.3, -0.25) is 10.1 Å². The maximum Gasteiger partial charge on any atom is 0.353 e. The van der Waals surface area contributed by atoms with Crippen LogP contribution in [0.4, 0.5) is 17.3 Å². The second kappa shape index (κ2) is 5.07. The van der Waals surface area contributed by atoms with Crippen LogP contribution in [0.1, 0.15) is 13.3 Å². The standard InChI is InChI=1S/C9H12N6O2/c1-6(3-4-10)14(2)9-7(15(16)17)8(11)12-5-13-9/h5-6H,3H2,1-2H3,(H2,11,12,13). The van der Waals surface area contributed by atoms with E-state index in [9.17, 15) is 10.1 Å². The lowest BCUT2D eigenvalue weighted by Gasteiger charge is -2.23. The Morgan fingerprint density at radius 3 is 2.88 bits per heavy atom. The molecule has 0 spiro atoms. The second-order valence-corrected chi connectivity index (χ2v) is 3.51. The van der Waals surface area contributed by atoms with Gasteiger partial charge in [0.05, 0.1) is 17.4 Å². The van der Waals surface area contributed by atoms with Gasteiger partial charge in [0.1, 0.15) is 6.33 Å². The fraction of sp³-hybridized carbons (Fsp3) is 0.444. The largest absolute Gasteiger partial charge is 0.378 e. The third-order valence-corrected chi connectivity index (χ3v) is 2.40. The van der Waals surface area contributed by atoms with Crippen molar-refractivity contribution < 1.29 is 4.92 Å². The third kappa shape index (κ3) is 2.57. The molecule has 1 aromatic rings. The van der Waals surface area contributed by atoms with Crippen LogP contribution >= 0.6 is 0 Å². The molecule has 1 heterocycles. The molecule has 0 bridgehead atoms. The van der Waals surface area contributed by atoms with Crippen molar-refractivity contribution in [1.29, 1.82) is 5.26 Å². The van der Waals surface area contributed by atoms with Crippen LogP contribution in [-0.4, -0.2) is 28.0 Å². The normalized spacial score (nSPS) is 11.6. The first kappa shape index (κ1) is 12.6. The molecule has 8 nitrogen and oxygen atoms in total. The Labute approximate surface area is 97.8 Å². The van der Waals surface area contributed by atoms with Crippen LogP contribution in [-0.2, 0) is 0 Å². The van der Waals surface area contributed by atoms with Gasteiger partial charge in [0.2, 0.25) is 11.6 Å². The summed E-state index contributed by atoms with van der Waals surface area (Å²) in [5.41, 5.74) is 5.12. The number of hydrogen-bond acceptors (Lipinski definition) is 7. The van der Waals surface area contributed by atoms with Crippen LogP contribution < -0.4 is 10.6 Å². The molecule has 1 unspecified atom stereocenters. The number of nitrogens with zero attached hydrogens (tertiary/aromatic N) is 5. The smallest absolute Gasteiger partial charge is 0.353 e. The quantitative estimate of drug-likeness (QED) is 0.603. The van der Waals surface area contributed by atoms with E-state index < -0.39 is 4.92 Å². The maximum absolute atomic E-state index is 10.9. The van der Waals surface area contributed by atoms with Crippen LogP contribution in [0.15, 0.2) is 6.33 Å². The summed E-state index contributed by atoms with van der Waals surface area (Å²) < 4.78 is 0. The van der Waals surface area contributed by atoms with Gasteiger partial charge in [0.15, 0.2) is 0 Å². The Morgan fingerprint density at radius 2 is 2.35 bits per heavy atom. The molecule has 0 fully saturated rings. The van der Waals surface area contributed by atoms with E-state index in [-0.39, 0.29) is 29.8 Å². The molecule has 1 aromatic heterocycles. The first-order valence-electron chi connectivity index (χ1n) is 4.83. The Hall–Kier alpha value is -2.43. The molecule has 1 atom stereocenters. The van der Waals surface area contributed by atoms with Gasteiger partial charge in [-0.1, -0.05) is 0 Å². The predicted molar refractivity (Wildman–Crippen MR) is 61.2 cm³/mol. The molecule has 0 saturated carbocycles. The lowest BCUT2D eigenvalue weighted by atomic mass is 10.2. The van der Waals surface area contributed by atoms with E-state index in [1.54, 1.807) is 18.9 Å². The number of nitriles is 1. The van der Waals surface area contributed by atoms with E-state index in [2.05, 4.69) is 9.97 Å². The van der Waals surface area contributed by atoms with Crippen molar-refractivity contribution in [3.05, 3.63) is 16.4 Å². The van der Waals surface area contributed by atoms with Gasteiger partial charge in [0.25, 0.3) is 0 Å². The van der Waals surface area contributed by atoms with Gasteiger partial charge >= 0.3 is 5.69 Å². The summed E-state index contributed by atoms with van der Waals surface area (Å²) in [4.78, 5) is 19.2. The van der Waals surface area contributed by atoms with Crippen molar-refractivity contribution in [1.82, 2.24) is 9.97 Å². The minimum atomic E-state index is -0.625. The van der Waals surface area contributed by atoms with Crippen LogP contribution in [0.25, 0.3) is 0 Å². The summed E-state index contributed by atoms with van der Waals surface area (Å²) in [7, 11) is 1.62. The van der Waals surface area contributed by atoms with Crippen molar-refractivity contribution >= 4 is 17.3 Å². The van der Waals surface area contributed by atoms with Gasteiger partial charge in [0, 0.05) is 13.1 Å². The molecule has 0 radical (unpaired) electrons. The Morgan fingerprint density at radius 1 is 1.71 bits per heavy atom. The van der Waals surface area contributed by atoms with Crippen LogP contribution in [0.2, 0.25) is 0 Å². The highest BCUT2D eigenvalue weighted by Gasteiger charge is 2.25. The zero-order valence-electron chi connectivity index (χ0n) is 9.49. The summed E-state index contributed by atoms with van der Waals surface area (Å²) in [5, 5.41) is 19.5. The number of aromatic nitrogens is 2. The van der Waals surface area contributed by atoms with Crippen LogP contribution in [0.3, 0.4) is 0 Å². The van der Waals surface area contributed by atoms with Crippen LogP contribution in [0, 0.1) is 21.4 Å². The van der Waals surface area contributed by atoms with Crippen molar-refractivity contribution in [3.8, 4) is 6.07 Å². The van der Waals surface area contributed by atoms with E-state index >= 15 is 0 Å². The fourth-order valence-electron chi connectivity index (χ4n) is 1.29. The fourth-order valence-corrected chi connectivity index (χ4v) is 1.29. The highest BCUT2D eigenvalue weighted by molar-refractivity contribution is 5.68. The number of hydrogen-bond donors (Lipinski definition) is 1. The molecule has 0 aliphatic carbocycles. The van der Waals surface area contributed by atoms with E-state index in [0.29, 0.717) is 0 Å². The summed E-state index contributed by atoms with van der Waals surface area (Å²) >= 11 is 0. The van der Waals surface area contributed by atoms with Gasteiger partial charge in [-0.15, -0.1) is 0 Å². The Kier molecular flexibility index (Phi) is 3.77. The first-order valence-corrected chi connectivity index (χ1v) is 4.83. The highest BCUT2D eigenvalue weighted by atomic mass is 16.6. The molecule has 2 N–H and O–H groups in total. The minimum Gasteiger partial charge on any atom is -0.378 e. The number of nitro groups is 1. The van der Waals surface area contributed by atoms with Gasteiger partial charge in [-0.05, 0) is 6.92 Å². The lowest BCUT2D eigenvalue weighted by Crippen LogP contribution is -2.30. The van der Waals surface area contributed by atoms with E-state index in [1.807, 2.05) is 6.07 Å². The number of rotatable bonds is 4. The lowest BCUT2D eigenvalue weighted by molar-refractivity contribution is -0.383. The summed E-state index contributed by atoms with van der Waals surface area (Å²) in [6.07, 6.45) is 1.39. The zero-order chi connectivity index (χ0) is 13.0. The minimum absolute atomic E-state index is 0.116. The van der Waals surface area contributed by atoms with Crippen molar-refractivity contribution in [3.63, 3.8) is 0 Å². The molecule has 1 rings (SSSR count). The van der Waals surface area contributed by atoms with Gasteiger partial charge in [-0.25, -0.2) is 9.97 Å². The topological polar surface area (TPSA) is 122 Å². The van der Waals surface area contributed by atoms with E-state index in [0.717, 1.165) is 6.33 Å². The predicted octanol–water partition coefficient (Wildman–Crippen LogP) is 0.705. The first-order chi connectivity index (χ1) is 7.99. The van der Waals surface area contributed by atoms with Crippen molar-refractivity contribution in [2.45, 2.75) is 19.4 Å². The average molecular weight is 236 g/mol. The number of anilines is 2. The molecule has 17 heavy (non-hydrogen) atoms. The molecule has 90 valence electrons. The molecular weight excluding hydrogens is 224 g/mol. The Bertz CT molecular complexity index is 469. The molecule has 0 aliphatic rings. The number of nitrogens with two attached hydrogens (primary N) is 1. The molecule has 8 heteroatoms. The SMILES string of the molecule is CC(CC#N)N(C)c1ncnc(N)c1[N+](=O)[O-]. The second-order valence-electron chi connectivity index (χ2n) is 3.51. The summed E-state index contributed by atoms with van der Waals surface area (Å²) in [6, 6.07) is 1.79. The third-order valence-electron chi connectivity index (χ3n) is 2.40. The Balaban J connectivity index is 3.18. The molecule has 0 saturated heterocycles. The van der Waals surface area contributed by atoms with E-state index in [1.165, 1.54) is 0 Å². The average Bonchev–Trinajstić information content (AvgIpc) is 2.27. The van der Waals surface area contributed by atoms with E-state index in [4.69, 9.17) is 11.0 Å². The maximum atomic E-state index is 10.9. The summed E-state index contributed by atoms with van der Waals surface area (Å²) in [6.45, 7) is 1.77. The molecular formula is C9H12N6O2. The summed E-state index contributed by atoms with van der Waals surface area (Å²) in [5.74, 6) is -0.0683. The monoisotopic (exact) mass is 236 g/mol. The molecule has 0 aromatic carbocycles. The highest BCUT2D eigenvalue weighted by Crippen LogP contribution is 2.30. The molecule has 0 aliphatic heterocycles.